The summed E-state index contributed by atoms with van der Waals surface area (Å²) in [5, 5.41) is 8.61. The van der Waals surface area contributed by atoms with E-state index in [4.69, 9.17) is 18.9 Å². The van der Waals surface area contributed by atoms with Gasteiger partial charge in [-0.15, -0.1) is 45.3 Å². The molecular formula is C52H56F2N8O4S4. The van der Waals surface area contributed by atoms with Crippen molar-refractivity contribution in [2.24, 2.45) is 0 Å². The monoisotopic (exact) mass is 1020 g/mol. The van der Waals surface area contributed by atoms with Crippen LogP contribution in [0.2, 0.25) is 0 Å². The molecule has 0 amide bonds. The van der Waals surface area contributed by atoms with Crippen molar-refractivity contribution in [3.05, 3.63) is 99.4 Å². The van der Waals surface area contributed by atoms with Gasteiger partial charge in [0.25, 0.3) is 0 Å². The van der Waals surface area contributed by atoms with Crippen LogP contribution in [0.1, 0.15) is 74.5 Å². The zero-order valence-electron chi connectivity index (χ0n) is 39.2. The number of aromatic nitrogens is 4. The van der Waals surface area contributed by atoms with Crippen LogP contribution in [0, 0.1) is 11.6 Å². The van der Waals surface area contributed by atoms with Gasteiger partial charge in [-0.25, -0.2) is 28.7 Å². The molecule has 2 N–H and O–H groups in total. The third-order valence-electron chi connectivity index (χ3n) is 14.0. The summed E-state index contributed by atoms with van der Waals surface area (Å²) in [6.45, 7) is 11.3. The van der Waals surface area contributed by atoms with Crippen LogP contribution in [-0.4, -0.2) is 107 Å². The Labute approximate surface area is 421 Å². The molecule has 0 aliphatic carbocycles. The van der Waals surface area contributed by atoms with Crippen LogP contribution < -0.4 is 10.6 Å². The number of thiophene rings is 2. The maximum absolute atomic E-state index is 14.7. The number of likely N-dealkylation sites (tertiary alicyclic amines) is 1. The van der Waals surface area contributed by atoms with Crippen molar-refractivity contribution >= 4 is 115 Å². The van der Waals surface area contributed by atoms with E-state index in [2.05, 4.69) is 72.4 Å². The number of ether oxygens (including phenoxy) is 4. The van der Waals surface area contributed by atoms with E-state index in [-0.39, 0.29) is 24.2 Å². The Morgan fingerprint density at radius 1 is 0.671 bits per heavy atom. The summed E-state index contributed by atoms with van der Waals surface area (Å²) < 4.78 is 54.4. The summed E-state index contributed by atoms with van der Waals surface area (Å²) in [5.41, 5.74) is 8.95. The number of anilines is 4. The van der Waals surface area contributed by atoms with Crippen molar-refractivity contribution in [3.8, 4) is 0 Å². The molecule has 12 nitrogen and oxygen atoms in total. The molecule has 3 saturated heterocycles. The van der Waals surface area contributed by atoms with Gasteiger partial charge in [0.1, 0.15) is 21.3 Å². The molecule has 5 atom stereocenters. The fraction of sp³-hybridized carbons (Fsp3) is 0.423. The highest BCUT2D eigenvalue weighted by Crippen LogP contribution is 2.42. The molecular weight excluding hydrogens is 967 g/mol. The van der Waals surface area contributed by atoms with Crippen molar-refractivity contribution in [1.82, 2.24) is 29.7 Å². The van der Waals surface area contributed by atoms with Crippen LogP contribution in [0.3, 0.4) is 0 Å². The highest BCUT2D eigenvalue weighted by atomic mass is 32.1. The van der Waals surface area contributed by atoms with Crippen LogP contribution in [0.15, 0.2) is 78.0 Å². The van der Waals surface area contributed by atoms with E-state index in [1.807, 2.05) is 12.1 Å². The zero-order chi connectivity index (χ0) is 47.6. The summed E-state index contributed by atoms with van der Waals surface area (Å²) >= 11 is 6.30. The third-order valence-corrected chi connectivity index (χ3v) is 17.8. The predicted octanol–water partition coefficient (Wildman–Crippen LogP) is 12.9. The Kier molecular flexibility index (Phi) is 14.7. The first kappa shape index (κ1) is 47.7. The van der Waals surface area contributed by atoms with E-state index in [1.54, 1.807) is 64.3 Å². The van der Waals surface area contributed by atoms with E-state index in [1.165, 1.54) is 56.9 Å². The Bertz CT molecular complexity index is 3090. The molecule has 0 bridgehead atoms. The molecule has 3 fully saturated rings. The number of rotatable bonds is 14. The van der Waals surface area contributed by atoms with E-state index in [9.17, 15) is 8.78 Å². The fourth-order valence-electron chi connectivity index (χ4n) is 10.0. The molecule has 4 aliphatic heterocycles. The van der Waals surface area contributed by atoms with Crippen molar-refractivity contribution in [3.63, 3.8) is 0 Å². The first-order valence-electron chi connectivity index (χ1n) is 24.3. The molecule has 10 heterocycles. The Hall–Kier alpha value is -4.60. The second-order valence-corrected chi connectivity index (χ2v) is 22.2. The summed E-state index contributed by atoms with van der Waals surface area (Å²) in [6.07, 6.45) is 13.5. The lowest BCUT2D eigenvalue weighted by Gasteiger charge is -2.26. The molecule has 12 rings (SSSR count). The largest absolute Gasteiger partial charge is 0.353 e. The van der Waals surface area contributed by atoms with E-state index >= 15 is 0 Å². The molecule has 18 heteroatoms. The van der Waals surface area contributed by atoms with E-state index in [0.717, 1.165) is 124 Å². The van der Waals surface area contributed by atoms with Crippen LogP contribution >= 0.6 is 45.3 Å². The lowest BCUT2D eigenvalue weighted by Crippen LogP contribution is -2.34. The number of hydrogen-bond donors (Lipinski definition) is 2. The number of fused-ring (bicyclic) bond motifs is 4. The smallest absolute Gasteiger partial charge is 0.157 e. The quantitative estimate of drug-likeness (QED) is 0.108. The van der Waals surface area contributed by atoms with Gasteiger partial charge in [-0.05, 0) is 119 Å². The molecule has 6 aromatic heterocycles. The van der Waals surface area contributed by atoms with Crippen molar-refractivity contribution in [1.29, 1.82) is 0 Å². The minimum absolute atomic E-state index is 0.0295. The molecule has 0 radical (unpaired) electrons. The van der Waals surface area contributed by atoms with Gasteiger partial charge in [0, 0.05) is 83.8 Å². The Morgan fingerprint density at radius 3 is 1.86 bits per heavy atom. The molecule has 0 spiro atoms. The maximum Gasteiger partial charge on any atom is 0.157 e. The minimum Gasteiger partial charge on any atom is -0.353 e. The highest BCUT2D eigenvalue weighted by Gasteiger charge is 2.33. The second-order valence-electron chi connectivity index (χ2n) is 18.3. The van der Waals surface area contributed by atoms with Gasteiger partial charge in [0.05, 0.1) is 67.4 Å². The molecule has 2 aromatic carbocycles. The zero-order valence-corrected chi connectivity index (χ0v) is 42.5. The SMILES string of the molecule is CC1C(c2cc3c(Nc4cc5ncsc5cc4F)ccnc3s2)=CCN1CCOC1CCCCO1.CC1C(c2cc3c(Nc4cc5ncsc5cc4F)ccnc3s2)CCN1CCOC1CCCCO1. The van der Waals surface area contributed by atoms with Gasteiger partial charge < -0.3 is 29.6 Å². The summed E-state index contributed by atoms with van der Waals surface area (Å²) in [6, 6.07) is 15.6. The number of nitrogens with one attached hydrogen (secondary N) is 2. The normalized spacial score (nSPS) is 22.3. The number of pyridine rings is 2. The number of halogens is 2. The lowest BCUT2D eigenvalue weighted by molar-refractivity contribution is -0.164. The average Bonchev–Trinajstić information content (AvgIpc) is 4.25. The molecule has 5 unspecified atom stereocenters. The summed E-state index contributed by atoms with van der Waals surface area (Å²) in [7, 11) is 0. The van der Waals surface area contributed by atoms with Crippen LogP contribution in [-0.2, 0) is 18.9 Å². The average molecular weight is 1020 g/mol. The first-order valence-corrected chi connectivity index (χ1v) is 27.7. The summed E-state index contributed by atoms with van der Waals surface area (Å²) in [5.74, 6) is -0.107. The van der Waals surface area contributed by atoms with Crippen molar-refractivity contribution in [2.45, 2.75) is 89.4 Å². The maximum atomic E-state index is 14.7. The van der Waals surface area contributed by atoms with Gasteiger partial charge in [0.15, 0.2) is 12.6 Å². The minimum atomic E-state index is -0.286. The molecule has 4 aliphatic rings. The van der Waals surface area contributed by atoms with Gasteiger partial charge in [-0.2, -0.15) is 0 Å². The van der Waals surface area contributed by atoms with Gasteiger partial charge >= 0.3 is 0 Å². The van der Waals surface area contributed by atoms with Gasteiger partial charge in [-0.1, -0.05) is 6.08 Å². The molecule has 366 valence electrons. The van der Waals surface area contributed by atoms with Gasteiger partial charge in [0.2, 0.25) is 0 Å². The topological polar surface area (TPSA) is 119 Å². The second kappa shape index (κ2) is 21.6. The molecule has 0 saturated carbocycles. The lowest BCUT2D eigenvalue weighted by atomic mass is 9.99. The number of thiazole rings is 2. The number of nitrogens with zero attached hydrogens (tertiary/aromatic N) is 6. The summed E-state index contributed by atoms with van der Waals surface area (Å²) in [4.78, 5) is 27.2. The third kappa shape index (κ3) is 10.5. The number of hydrogen-bond acceptors (Lipinski definition) is 16. The Morgan fingerprint density at radius 2 is 1.26 bits per heavy atom. The molecule has 70 heavy (non-hydrogen) atoms. The predicted molar refractivity (Wildman–Crippen MR) is 281 cm³/mol. The van der Waals surface area contributed by atoms with Crippen molar-refractivity contribution in [2.75, 3.05) is 63.2 Å². The standard InChI is InChI=1S/C26H29FN4O2S2.C26H27FN4O2S2/c2*1-16-17(6-8-31(16)9-11-33-25-4-2-3-10-32-25)23-12-18-20(5-7-28-26(18)35-23)30-21-14-22-24(13-19(21)27)34-15-29-22/h5,7,12-17,25H,2-4,6,8-11H2,1H3,(H,28,30);5-7,12-16,25H,2-4,8-11H2,1H3,(H,28,30). The Balaban J connectivity index is 0.000000152. The van der Waals surface area contributed by atoms with E-state index in [0.29, 0.717) is 42.6 Å². The van der Waals surface area contributed by atoms with Crippen LogP contribution in [0.4, 0.5) is 31.5 Å². The van der Waals surface area contributed by atoms with Crippen LogP contribution in [0.25, 0.3) is 46.4 Å². The fourth-order valence-corrected chi connectivity index (χ4v) is 13.8. The van der Waals surface area contributed by atoms with Crippen molar-refractivity contribution < 1.29 is 27.7 Å². The number of benzene rings is 2. The first-order chi connectivity index (χ1) is 34.3. The van der Waals surface area contributed by atoms with Crippen LogP contribution in [0.5, 0.6) is 0 Å². The molecule has 8 aromatic rings. The van der Waals surface area contributed by atoms with E-state index < -0.39 is 0 Å². The van der Waals surface area contributed by atoms with Gasteiger partial charge in [-0.3, -0.25) is 9.80 Å². The highest BCUT2D eigenvalue weighted by molar-refractivity contribution is 7.20.